The Morgan fingerprint density at radius 1 is 0.403 bits per heavy atom. The van der Waals surface area contributed by atoms with Crippen LogP contribution in [0.3, 0.4) is 0 Å². The van der Waals surface area contributed by atoms with Gasteiger partial charge in [0, 0.05) is 12.8 Å². The van der Waals surface area contributed by atoms with Crippen LogP contribution in [-0.2, 0) is 33.3 Å². The predicted molar refractivity (Wildman–Crippen MR) is 324 cm³/mol. The van der Waals surface area contributed by atoms with E-state index in [1.807, 2.05) is 21.1 Å². The third-order valence-corrected chi connectivity index (χ3v) is 13.3. The molecule has 0 aromatic carbocycles. The topological polar surface area (TPSA) is 111 Å². The highest BCUT2D eigenvalue weighted by Gasteiger charge is 2.22. The summed E-state index contributed by atoms with van der Waals surface area (Å²) in [6.07, 6.45) is 76.3. The number of carbonyl (C=O) groups is 3. The molecule has 0 aliphatic rings. The third kappa shape index (κ3) is 59.7. The number of esters is 2. The Morgan fingerprint density at radius 2 is 0.753 bits per heavy atom. The van der Waals surface area contributed by atoms with Crippen LogP contribution in [0, 0.1) is 0 Å². The van der Waals surface area contributed by atoms with Crippen molar-refractivity contribution in [3.05, 3.63) is 97.2 Å². The molecule has 442 valence electrons. The lowest BCUT2D eigenvalue weighted by molar-refractivity contribution is -0.870. The summed E-state index contributed by atoms with van der Waals surface area (Å²) in [5.41, 5.74) is 0. The van der Waals surface area contributed by atoms with Crippen molar-refractivity contribution in [2.75, 3.05) is 47.5 Å². The number of hydrogen-bond acceptors (Lipinski definition) is 8. The standard InChI is InChI=1S/C68H117NO8/c1-6-8-10-12-14-16-18-20-22-24-26-28-30-31-32-33-34-35-37-38-40-42-44-46-48-50-52-54-56-58-65(70)75-62-64(63-76-68(67(72)73)74-61-60-69(3,4)5)77-66(71)59-57-55-53-51-49-47-45-43-41-39-36-29-27-25-23-21-19-17-15-13-11-9-7-2/h9,11,15,17,21,23-24,26-27,29,39,41,45,47,51,53,64,68H,6-8,10,12-14,16,18-20,22,25,28,30-38,40,42-44,46,48-50,52,54-63H2,1-5H3/b11-9-,17-15-,23-21-,26-24-,29-27-,41-39-,47-45-,53-51-. The van der Waals surface area contributed by atoms with Gasteiger partial charge in [-0.05, 0) is 89.9 Å². The first-order valence-corrected chi connectivity index (χ1v) is 31.4. The van der Waals surface area contributed by atoms with E-state index in [1.165, 1.54) is 154 Å². The van der Waals surface area contributed by atoms with E-state index in [0.29, 0.717) is 23.9 Å². The summed E-state index contributed by atoms with van der Waals surface area (Å²) in [5.74, 6) is -2.36. The minimum absolute atomic E-state index is 0.133. The van der Waals surface area contributed by atoms with E-state index in [4.69, 9.17) is 18.9 Å². The van der Waals surface area contributed by atoms with Gasteiger partial charge in [0.15, 0.2) is 12.4 Å². The second-order valence-corrected chi connectivity index (χ2v) is 22.0. The number of likely N-dealkylation sites (N-methyl/N-ethyl adjacent to an activating group) is 1. The van der Waals surface area contributed by atoms with Crippen LogP contribution in [0.2, 0.25) is 0 Å². The summed E-state index contributed by atoms with van der Waals surface area (Å²) in [4.78, 5) is 37.3. The van der Waals surface area contributed by atoms with Crippen LogP contribution in [0.5, 0.6) is 0 Å². The summed E-state index contributed by atoms with van der Waals surface area (Å²) in [6, 6.07) is 0. The quantitative estimate of drug-likeness (QED) is 0.0195. The lowest BCUT2D eigenvalue weighted by Gasteiger charge is -2.26. The molecule has 0 amide bonds. The van der Waals surface area contributed by atoms with Crippen molar-refractivity contribution in [3.63, 3.8) is 0 Å². The number of aliphatic carboxylic acids is 1. The van der Waals surface area contributed by atoms with Gasteiger partial charge >= 0.3 is 11.9 Å². The molecule has 0 heterocycles. The SMILES string of the molecule is CC/C=C\C/C=C\C/C=C\C/C=C\C/C=C\C/C=C\C/C=C\CCCC(=O)OC(COC(=O)CCCCCCCCCCCCCCCCCCC/C=C\CCCCCCCCCC)COC(OCC[N+](C)(C)C)C(=O)[O-]. The van der Waals surface area contributed by atoms with Gasteiger partial charge in [0.05, 0.1) is 40.3 Å². The molecule has 2 atom stereocenters. The lowest BCUT2D eigenvalue weighted by atomic mass is 10.0. The Bertz CT molecular complexity index is 1580. The van der Waals surface area contributed by atoms with Gasteiger partial charge in [-0.1, -0.05) is 252 Å². The highest BCUT2D eigenvalue weighted by Crippen LogP contribution is 2.16. The number of carboxylic acid groups (broad SMARTS) is 1. The van der Waals surface area contributed by atoms with Crippen molar-refractivity contribution in [1.82, 2.24) is 0 Å². The Labute approximate surface area is 473 Å². The maximum Gasteiger partial charge on any atom is 0.306 e. The molecule has 0 aliphatic heterocycles. The number of quaternary nitrogens is 1. The minimum Gasteiger partial charge on any atom is -0.545 e. The number of unbranched alkanes of at least 4 members (excludes halogenated alkanes) is 26. The Balaban J connectivity index is 4.25. The molecular formula is C68H117NO8. The average molecular weight is 1080 g/mol. The van der Waals surface area contributed by atoms with Crippen LogP contribution in [0.15, 0.2) is 97.2 Å². The maximum atomic E-state index is 12.9. The summed E-state index contributed by atoms with van der Waals surface area (Å²) in [7, 11) is 5.90. The van der Waals surface area contributed by atoms with Crippen LogP contribution in [-0.4, -0.2) is 82.3 Å². The molecule has 0 saturated carbocycles. The number of allylic oxidation sites excluding steroid dienone is 16. The van der Waals surface area contributed by atoms with Crippen LogP contribution < -0.4 is 5.11 Å². The molecule has 0 aromatic heterocycles. The van der Waals surface area contributed by atoms with Crippen molar-refractivity contribution in [2.24, 2.45) is 0 Å². The number of hydrogen-bond donors (Lipinski definition) is 0. The van der Waals surface area contributed by atoms with Gasteiger partial charge in [0.1, 0.15) is 13.2 Å². The first-order valence-electron chi connectivity index (χ1n) is 31.4. The summed E-state index contributed by atoms with van der Waals surface area (Å²) in [6.45, 7) is 4.58. The van der Waals surface area contributed by atoms with Crippen molar-refractivity contribution in [2.45, 2.75) is 270 Å². The molecule has 2 unspecified atom stereocenters. The fraction of sp³-hybridized carbons (Fsp3) is 0.721. The molecule has 0 N–H and O–H groups in total. The van der Waals surface area contributed by atoms with Crippen LogP contribution in [0.25, 0.3) is 0 Å². The van der Waals surface area contributed by atoms with E-state index in [9.17, 15) is 19.5 Å². The number of ether oxygens (including phenoxy) is 4. The summed E-state index contributed by atoms with van der Waals surface area (Å²) >= 11 is 0. The van der Waals surface area contributed by atoms with Gasteiger partial charge in [-0.15, -0.1) is 0 Å². The second kappa shape index (κ2) is 58.4. The summed E-state index contributed by atoms with van der Waals surface area (Å²) in [5, 5.41) is 11.8. The molecule has 0 spiro atoms. The molecule has 9 heteroatoms. The van der Waals surface area contributed by atoms with Crippen LogP contribution in [0.4, 0.5) is 0 Å². The molecule has 0 bridgehead atoms. The van der Waals surface area contributed by atoms with Crippen molar-refractivity contribution < 1.29 is 42.9 Å². The average Bonchev–Trinajstić information content (AvgIpc) is 3.40. The van der Waals surface area contributed by atoms with Crippen molar-refractivity contribution in [3.8, 4) is 0 Å². The zero-order chi connectivity index (χ0) is 56.2. The zero-order valence-corrected chi connectivity index (χ0v) is 50.3. The molecule has 0 saturated heterocycles. The van der Waals surface area contributed by atoms with E-state index in [2.05, 4.69) is 111 Å². The normalized spacial score (nSPS) is 13.4. The smallest absolute Gasteiger partial charge is 0.306 e. The predicted octanol–water partition coefficient (Wildman–Crippen LogP) is 17.6. The van der Waals surface area contributed by atoms with E-state index >= 15 is 0 Å². The van der Waals surface area contributed by atoms with E-state index in [0.717, 1.165) is 64.2 Å². The molecule has 0 aliphatic carbocycles. The van der Waals surface area contributed by atoms with Gasteiger partial charge in [0.2, 0.25) is 0 Å². The summed E-state index contributed by atoms with van der Waals surface area (Å²) < 4.78 is 22.7. The van der Waals surface area contributed by atoms with E-state index in [-0.39, 0.29) is 38.6 Å². The molecular weight excluding hydrogens is 959 g/mol. The Morgan fingerprint density at radius 3 is 1.16 bits per heavy atom. The van der Waals surface area contributed by atoms with Crippen molar-refractivity contribution in [1.29, 1.82) is 0 Å². The van der Waals surface area contributed by atoms with Gasteiger partial charge in [0.25, 0.3) is 0 Å². The highest BCUT2D eigenvalue weighted by atomic mass is 16.7. The largest absolute Gasteiger partial charge is 0.545 e. The van der Waals surface area contributed by atoms with Crippen LogP contribution in [0.1, 0.15) is 258 Å². The van der Waals surface area contributed by atoms with Gasteiger partial charge in [-0.3, -0.25) is 9.59 Å². The fourth-order valence-electron chi connectivity index (χ4n) is 8.52. The van der Waals surface area contributed by atoms with Gasteiger partial charge < -0.3 is 33.3 Å². The number of carbonyl (C=O) groups excluding carboxylic acids is 3. The molecule has 0 fully saturated rings. The monoisotopic (exact) mass is 1080 g/mol. The van der Waals surface area contributed by atoms with Crippen molar-refractivity contribution >= 4 is 17.9 Å². The number of rotatable bonds is 57. The molecule has 0 radical (unpaired) electrons. The number of nitrogens with zero attached hydrogens (tertiary/aromatic N) is 1. The second-order valence-electron chi connectivity index (χ2n) is 22.0. The number of carboxylic acids is 1. The maximum absolute atomic E-state index is 12.9. The first kappa shape index (κ1) is 73.2. The highest BCUT2D eigenvalue weighted by molar-refractivity contribution is 5.70. The Kier molecular flexibility index (Phi) is 55.5. The lowest BCUT2D eigenvalue weighted by Crippen LogP contribution is -2.44. The van der Waals surface area contributed by atoms with Crippen LogP contribution >= 0.6 is 0 Å². The molecule has 77 heavy (non-hydrogen) atoms. The third-order valence-electron chi connectivity index (χ3n) is 13.3. The first-order chi connectivity index (χ1) is 37.6. The van der Waals surface area contributed by atoms with Gasteiger partial charge in [-0.2, -0.15) is 0 Å². The minimum atomic E-state index is -1.64. The Hall–Kier alpha value is -3.79. The molecule has 0 aromatic rings. The molecule has 0 rings (SSSR count). The van der Waals surface area contributed by atoms with E-state index in [1.54, 1.807) is 0 Å². The fourth-order valence-corrected chi connectivity index (χ4v) is 8.52. The molecule has 9 nitrogen and oxygen atoms in total. The van der Waals surface area contributed by atoms with E-state index < -0.39 is 24.3 Å². The van der Waals surface area contributed by atoms with Gasteiger partial charge in [-0.25, -0.2) is 0 Å². The zero-order valence-electron chi connectivity index (χ0n) is 50.3.